The van der Waals surface area contributed by atoms with Crippen molar-refractivity contribution in [3.05, 3.63) is 66.1 Å². The van der Waals surface area contributed by atoms with Gasteiger partial charge in [0.15, 0.2) is 0 Å². The predicted molar refractivity (Wildman–Crippen MR) is 98.4 cm³/mol. The molecule has 0 atom stereocenters. The van der Waals surface area contributed by atoms with Crippen molar-refractivity contribution in [1.82, 2.24) is 19.9 Å². The number of nitriles is 1. The van der Waals surface area contributed by atoms with E-state index in [2.05, 4.69) is 25.3 Å². The monoisotopic (exact) mass is 372 g/mol. The average Bonchev–Trinajstić information content (AvgIpc) is 3.07. The summed E-state index contributed by atoms with van der Waals surface area (Å²) in [6, 6.07) is 8.95. The molecular formula is C20H10F2N6. The molecule has 1 aromatic carbocycles. The molecule has 6 nitrogen and oxygen atoms in total. The van der Waals surface area contributed by atoms with Gasteiger partial charge in [-0.2, -0.15) is 5.26 Å². The van der Waals surface area contributed by atoms with E-state index in [4.69, 9.17) is 0 Å². The number of nitrogens with zero attached hydrogens (tertiary/aromatic N) is 4. The molecule has 28 heavy (non-hydrogen) atoms. The summed E-state index contributed by atoms with van der Waals surface area (Å²) in [7, 11) is 0. The van der Waals surface area contributed by atoms with Crippen LogP contribution < -0.4 is 5.32 Å². The first-order valence-corrected chi connectivity index (χ1v) is 8.32. The van der Waals surface area contributed by atoms with Gasteiger partial charge in [-0.05, 0) is 24.3 Å². The van der Waals surface area contributed by atoms with Crippen molar-refractivity contribution in [3.63, 3.8) is 0 Å². The van der Waals surface area contributed by atoms with Crippen LogP contribution in [0.1, 0.15) is 5.56 Å². The minimum atomic E-state index is -0.861. The number of imidazole rings is 1. The maximum atomic E-state index is 14.5. The maximum absolute atomic E-state index is 14.5. The van der Waals surface area contributed by atoms with Crippen LogP contribution in [0.2, 0.25) is 0 Å². The number of benzene rings is 1. The van der Waals surface area contributed by atoms with Crippen LogP contribution in [0, 0.1) is 23.0 Å². The number of rotatable bonds is 1. The smallest absolute Gasteiger partial charge is 0.142 e. The van der Waals surface area contributed by atoms with Crippen molar-refractivity contribution >= 4 is 11.5 Å². The molecule has 0 fully saturated rings. The summed E-state index contributed by atoms with van der Waals surface area (Å²) in [4.78, 5) is 16.1. The Morgan fingerprint density at radius 2 is 1.96 bits per heavy atom. The first-order valence-electron chi connectivity index (χ1n) is 8.32. The molecule has 0 aliphatic carbocycles. The van der Waals surface area contributed by atoms with E-state index in [0.717, 1.165) is 17.7 Å². The van der Waals surface area contributed by atoms with Gasteiger partial charge in [0.25, 0.3) is 0 Å². The second-order valence-electron chi connectivity index (χ2n) is 6.18. The van der Waals surface area contributed by atoms with Crippen LogP contribution in [-0.2, 0) is 0 Å². The Balaban J connectivity index is 1.83. The standard InChI is InChI=1S/C20H10F2N6/c21-11-6-10(8-23)16(14(22)7-11)20-27-17-12-3-5-24-9-15(12)26-19-13(18(17)28-20)2-1-4-25-19/h1-7,9H,(H,25,26)(H,27,28). The molecule has 0 spiro atoms. The van der Waals surface area contributed by atoms with Gasteiger partial charge in [0.2, 0.25) is 0 Å². The Morgan fingerprint density at radius 1 is 1.07 bits per heavy atom. The third-order valence-electron chi connectivity index (χ3n) is 4.52. The number of aromatic amines is 1. The summed E-state index contributed by atoms with van der Waals surface area (Å²) in [5.74, 6) is -0.965. The Kier molecular flexibility index (Phi) is 3.42. The van der Waals surface area contributed by atoms with Crippen molar-refractivity contribution < 1.29 is 8.78 Å². The zero-order valence-corrected chi connectivity index (χ0v) is 14.2. The molecule has 2 N–H and O–H groups in total. The van der Waals surface area contributed by atoms with Crippen LogP contribution in [0.3, 0.4) is 0 Å². The molecule has 134 valence electrons. The molecular weight excluding hydrogens is 362 g/mol. The third kappa shape index (κ3) is 2.34. The van der Waals surface area contributed by atoms with Gasteiger partial charge in [-0.1, -0.05) is 0 Å². The molecule has 1 aliphatic rings. The van der Waals surface area contributed by atoms with Crippen molar-refractivity contribution in [3.8, 4) is 40.0 Å². The number of hydrogen-bond donors (Lipinski definition) is 2. The van der Waals surface area contributed by atoms with Gasteiger partial charge in [0.1, 0.15) is 35.0 Å². The highest BCUT2D eigenvalue weighted by Gasteiger charge is 2.26. The fraction of sp³-hybridized carbons (Fsp3) is 0. The predicted octanol–water partition coefficient (Wildman–Crippen LogP) is 4.41. The van der Waals surface area contributed by atoms with E-state index in [-0.39, 0.29) is 17.0 Å². The zero-order chi connectivity index (χ0) is 19.3. The second-order valence-corrected chi connectivity index (χ2v) is 6.18. The summed E-state index contributed by atoms with van der Waals surface area (Å²) < 4.78 is 28.1. The molecule has 1 aliphatic heterocycles. The number of H-pyrrole nitrogens is 1. The highest BCUT2D eigenvalue weighted by Crippen LogP contribution is 2.43. The minimum absolute atomic E-state index is 0.0778. The van der Waals surface area contributed by atoms with E-state index in [9.17, 15) is 14.0 Å². The molecule has 4 aromatic rings. The van der Waals surface area contributed by atoms with Crippen molar-refractivity contribution in [2.45, 2.75) is 0 Å². The molecule has 0 saturated heterocycles. The minimum Gasteiger partial charge on any atom is -0.338 e. The van der Waals surface area contributed by atoms with Gasteiger partial charge in [0, 0.05) is 29.6 Å². The quantitative estimate of drug-likeness (QED) is 0.455. The molecule has 0 amide bonds. The van der Waals surface area contributed by atoms with Gasteiger partial charge < -0.3 is 10.3 Å². The Morgan fingerprint density at radius 3 is 2.82 bits per heavy atom. The molecule has 0 unspecified atom stereocenters. The van der Waals surface area contributed by atoms with Crippen LogP contribution in [-0.4, -0.2) is 19.9 Å². The molecule has 5 rings (SSSR count). The zero-order valence-electron chi connectivity index (χ0n) is 14.2. The summed E-state index contributed by atoms with van der Waals surface area (Å²) in [5, 5.41) is 12.6. The van der Waals surface area contributed by atoms with Crippen molar-refractivity contribution in [1.29, 1.82) is 5.26 Å². The average molecular weight is 372 g/mol. The van der Waals surface area contributed by atoms with Gasteiger partial charge in [-0.3, -0.25) is 4.98 Å². The van der Waals surface area contributed by atoms with Crippen molar-refractivity contribution in [2.24, 2.45) is 0 Å². The van der Waals surface area contributed by atoms with E-state index in [1.165, 1.54) is 0 Å². The van der Waals surface area contributed by atoms with Crippen LogP contribution in [0.4, 0.5) is 20.3 Å². The fourth-order valence-electron chi connectivity index (χ4n) is 3.32. The third-order valence-corrected chi connectivity index (χ3v) is 4.52. The van der Waals surface area contributed by atoms with E-state index in [1.54, 1.807) is 30.7 Å². The molecule has 4 heterocycles. The Bertz CT molecular complexity index is 1230. The normalized spacial score (nSPS) is 11.5. The maximum Gasteiger partial charge on any atom is 0.142 e. The van der Waals surface area contributed by atoms with Gasteiger partial charge in [-0.25, -0.2) is 18.7 Å². The highest BCUT2D eigenvalue weighted by molar-refractivity contribution is 5.95. The van der Waals surface area contributed by atoms with Crippen LogP contribution >= 0.6 is 0 Å². The summed E-state index contributed by atoms with van der Waals surface area (Å²) in [6.07, 6.45) is 4.93. The molecule has 0 saturated carbocycles. The van der Waals surface area contributed by atoms with Crippen LogP contribution in [0.5, 0.6) is 0 Å². The van der Waals surface area contributed by atoms with Gasteiger partial charge in [-0.15, -0.1) is 0 Å². The number of halogens is 2. The lowest BCUT2D eigenvalue weighted by Crippen LogP contribution is -1.97. The lowest BCUT2D eigenvalue weighted by molar-refractivity contribution is 0.584. The largest absolute Gasteiger partial charge is 0.338 e. The number of anilines is 2. The second kappa shape index (κ2) is 5.96. The van der Waals surface area contributed by atoms with E-state index in [1.807, 2.05) is 12.1 Å². The van der Waals surface area contributed by atoms with Gasteiger partial charge >= 0.3 is 0 Å². The molecule has 8 heteroatoms. The topological polar surface area (TPSA) is 90.3 Å². The molecule has 3 aromatic heterocycles. The summed E-state index contributed by atoms with van der Waals surface area (Å²) in [5.41, 5.74) is 3.13. The summed E-state index contributed by atoms with van der Waals surface area (Å²) >= 11 is 0. The molecule has 0 radical (unpaired) electrons. The van der Waals surface area contributed by atoms with Crippen LogP contribution in [0.15, 0.2) is 48.9 Å². The Hall–Kier alpha value is -4.12. The summed E-state index contributed by atoms with van der Waals surface area (Å²) in [6.45, 7) is 0. The Labute approximate surface area is 157 Å². The number of fused-ring (bicyclic) bond motifs is 5. The number of hydrogen-bond acceptors (Lipinski definition) is 5. The van der Waals surface area contributed by atoms with E-state index >= 15 is 0 Å². The molecule has 0 bridgehead atoms. The lowest BCUT2D eigenvalue weighted by atomic mass is 10.1. The SMILES string of the molecule is N#Cc1cc(F)cc(F)c1-c1nc2c([nH]1)-c1ccncc1Nc1ncccc1-2. The number of pyridine rings is 2. The lowest BCUT2D eigenvalue weighted by Gasteiger charge is -2.08. The highest BCUT2D eigenvalue weighted by atomic mass is 19.1. The first-order chi connectivity index (χ1) is 13.7. The van der Waals surface area contributed by atoms with E-state index in [0.29, 0.717) is 28.5 Å². The number of nitrogens with one attached hydrogen (secondary N) is 2. The van der Waals surface area contributed by atoms with Gasteiger partial charge in [0.05, 0.1) is 28.7 Å². The van der Waals surface area contributed by atoms with Crippen molar-refractivity contribution in [2.75, 3.05) is 5.32 Å². The van der Waals surface area contributed by atoms with E-state index < -0.39 is 11.6 Å². The fourth-order valence-corrected chi connectivity index (χ4v) is 3.32. The number of aromatic nitrogens is 4. The van der Waals surface area contributed by atoms with Crippen LogP contribution in [0.25, 0.3) is 33.9 Å². The first kappa shape index (κ1) is 16.1.